The summed E-state index contributed by atoms with van der Waals surface area (Å²) in [6.45, 7) is 0.680. The molecule has 0 radical (unpaired) electrons. The predicted molar refractivity (Wildman–Crippen MR) is 97.1 cm³/mol. The van der Waals surface area contributed by atoms with Gasteiger partial charge >= 0.3 is 6.03 Å². The number of para-hydroxylation sites is 1. The molecule has 1 aromatic heterocycles. The number of carbonyl (C=O) groups is 2. The number of nitrogens with one attached hydrogen (secondary N) is 2. The van der Waals surface area contributed by atoms with Crippen molar-refractivity contribution in [3.63, 3.8) is 0 Å². The lowest BCUT2D eigenvalue weighted by Crippen LogP contribution is -2.22. The van der Waals surface area contributed by atoms with Gasteiger partial charge in [-0.3, -0.25) is 10.1 Å². The fourth-order valence-corrected chi connectivity index (χ4v) is 3.07. The number of amides is 3. The van der Waals surface area contributed by atoms with E-state index in [0.29, 0.717) is 11.6 Å². The lowest BCUT2D eigenvalue weighted by atomic mass is 10.1. The van der Waals surface area contributed by atoms with Crippen molar-refractivity contribution in [3.05, 3.63) is 76.6 Å². The zero-order chi connectivity index (χ0) is 17.4. The number of hydrogen-bond donors (Lipinski definition) is 2. The predicted octanol–water partition coefficient (Wildman–Crippen LogP) is 3.52. The molecule has 6 heteroatoms. The van der Waals surface area contributed by atoms with Gasteiger partial charge in [0.2, 0.25) is 0 Å². The van der Waals surface area contributed by atoms with Gasteiger partial charge in [-0.15, -0.1) is 0 Å². The maximum atomic E-state index is 11.8. The van der Waals surface area contributed by atoms with Crippen molar-refractivity contribution >= 4 is 40.5 Å². The minimum atomic E-state index is -0.499. The third-order valence-corrected chi connectivity index (χ3v) is 4.36. The molecule has 0 unspecified atom stereocenters. The van der Waals surface area contributed by atoms with E-state index >= 15 is 0 Å². The molecule has 5 nitrogen and oxygen atoms in total. The molecular weight excluding hydrogens is 338 g/mol. The van der Waals surface area contributed by atoms with E-state index in [2.05, 4.69) is 15.2 Å². The van der Waals surface area contributed by atoms with Crippen molar-refractivity contribution in [2.24, 2.45) is 0 Å². The fraction of sp³-hybridized carbons (Fsp3) is 0.0526. The lowest BCUT2D eigenvalue weighted by molar-refractivity contribution is -0.115. The zero-order valence-corrected chi connectivity index (χ0v) is 13.9. The molecule has 0 bridgehead atoms. The van der Waals surface area contributed by atoms with Gasteiger partial charge in [0.1, 0.15) is 5.70 Å². The molecule has 25 heavy (non-hydrogen) atoms. The van der Waals surface area contributed by atoms with Gasteiger partial charge in [0.15, 0.2) is 0 Å². The van der Waals surface area contributed by atoms with E-state index in [0.717, 1.165) is 22.0 Å². The standard InChI is InChI=1S/C19H14ClN3O2/c20-14-7-5-12(6-8-14)10-23-11-13(15-3-1-2-4-17(15)23)9-16-18(24)22-19(25)21-16/h1-9,11H,10H2,(H2,21,22,24,25)/b16-9+. The number of rotatable bonds is 3. The fourth-order valence-electron chi connectivity index (χ4n) is 2.95. The number of carbonyl (C=O) groups excluding carboxylic acids is 2. The first-order valence-electron chi connectivity index (χ1n) is 7.76. The van der Waals surface area contributed by atoms with Crippen LogP contribution in [0.5, 0.6) is 0 Å². The van der Waals surface area contributed by atoms with Crippen molar-refractivity contribution in [1.82, 2.24) is 15.2 Å². The molecule has 0 aliphatic carbocycles. The Morgan fingerprint density at radius 3 is 2.48 bits per heavy atom. The summed E-state index contributed by atoms with van der Waals surface area (Å²) in [7, 11) is 0. The summed E-state index contributed by atoms with van der Waals surface area (Å²) < 4.78 is 2.11. The van der Waals surface area contributed by atoms with Gasteiger partial charge in [-0.25, -0.2) is 4.79 Å². The Hall–Kier alpha value is -3.05. The number of hydrogen-bond acceptors (Lipinski definition) is 2. The van der Waals surface area contributed by atoms with Gasteiger partial charge in [-0.1, -0.05) is 41.9 Å². The first-order valence-corrected chi connectivity index (χ1v) is 8.14. The number of fused-ring (bicyclic) bond motifs is 1. The Labute approximate surface area is 148 Å². The number of benzene rings is 2. The topological polar surface area (TPSA) is 63.1 Å². The molecule has 3 amide bonds. The first kappa shape index (κ1) is 15.5. The van der Waals surface area contributed by atoms with Crippen LogP contribution in [-0.4, -0.2) is 16.5 Å². The molecule has 4 rings (SSSR count). The number of aromatic nitrogens is 1. The summed E-state index contributed by atoms with van der Waals surface area (Å²) in [5, 5.41) is 6.45. The Balaban J connectivity index is 1.76. The molecule has 2 aromatic carbocycles. The van der Waals surface area contributed by atoms with E-state index in [4.69, 9.17) is 11.6 Å². The van der Waals surface area contributed by atoms with E-state index < -0.39 is 11.9 Å². The molecule has 1 aliphatic rings. The van der Waals surface area contributed by atoms with Crippen LogP contribution >= 0.6 is 11.6 Å². The average Bonchev–Trinajstić information content (AvgIpc) is 3.10. The highest BCUT2D eigenvalue weighted by atomic mass is 35.5. The van der Waals surface area contributed by atoms with Gasteiger partial charge in [0.25, 0.3) is 5.91 Å². The van der Waals surface area contributed by atoms with Crippen LogP contribution in [0.2, 0.25) is 5.02 Å². The number of halogens is 1. The molecule has 1 saturated heterocycles. The van der Waals surface area contributed by atoms with Crippen LogP contribution in [0.3, 0.4) is 0 Å². The van der Waals surface area contributed by atoms with Gasteiger partial charge in [-0.2, -0.15) is 0 Å². The molecule has 0 saturated carbocycles. The molecule has 1 fully saturated rings. The van der Waals surface area contributed by atoms with Crippen molar-refractivity contribution < 1.29 is 9.59 Å². The Bertz CT molecular complexity index is 1020. The quantitative estimate of drug-likeness (QED) is 0.560. The molecule has 2 N–H and O–H groups in total. The van der Waals surface area contributed by atoms with Gasteiger partial charge in [0, 0.05) is 34.2 Å². The van der Waals surface area contributed by atoms with E-state index in [1.54, 1.807) is 6.08 Å². The molecule has 1 aliphatic heterocycles. The second-order valence-corrected chi connectivity index (χ2v) is 6.26. The van der Waals surface area contributed by atoms with Crippen molar-refractivity contribution in [3.8, 4) is 0 Å². The largest absolute Gasteiger partial charge is 0.342 e. The summed E-state index contributed by atoms with van der Waals surface area (Å²) in [6.07, 6.45) is 3.67. The number of imide groups is 1. The highest BCUT2D eigenvalue weighted by Crippen LogP contribution is 2.25. The summed E-state index contributed by atoms with van der Waals surface area (Å²) in [5.74, 6) is -0.417. The van der Waals surface area contributed by atoms with Gasteiger partial charge in [-0.05, 0) is 29.8 Å². The van der Waals surface area contributed by atoms with E-state index in [-0.39, 0.29) is 5.70 Å². The highest BCUT2D eigenvalue weighted by molar-refractivity contribution is 6.30. The minimum absolute atomic E-state index is 0.249. The highest BCUT2D eigenvalue weighted by Gasteiger charge is 2.23. The third kappa shape index (κ3) is 3.02. The minimum Gasteiger partial charge on any atom is -0.342 e. The first-order chi connectivity index (χ1) is 12.1. The maximum Gasteiger partial charge on any atom is 0.326 e. The van der Waals surface area contributed by atoms with Crippen LogP contribution in [0.25, 0.3) is 17.0 Å². The number of nitrogens with zero attached hydrogens (tertiary/aromatic N) is 1. The average molecular weight is 352 g/mol. The van der Waals surface area contributed by atoms with Crippen LogP contribution in [0, 0.1) is 0 Å². The molecular formula is C19H14ClN3O2. The van der Waals surface area contributed by atoms with E-state index in [9.17, 15) is 9.59 Å². The Kier molecular flexibility index (Phi) is 3.78. The third-order valence-electron chi connectivity index (χ3n) is 4.11. The zero-order valence-electron chi connectivity index (χ0n) is 13.1. The van der Waals surface area contributed by atoms with Crippen LogP contribution in [0.4, 0.5) is 4.79 Å². The molecule has 2 heterocycles. The maximum absolute atomic E-state index is 11.8. The molecule has 3 aromatic rings. The monoisotopic (exact) mass is 351 g/mol. The van der Waals surface area contributed by atoms with E-state index in [1.807, 2.05) is 54.7 Å². The van der Waals surface area contributed by atoms with Gasteiger partial charge in [0.05, 0.1) is 0 Å². The van der Waals surface area contributed by atoms with Crippen molar-refractivity contribution in [2.45, 2.75) is 6.54 Å². The lowest BCUT2D eigenvalue weighted by Gasteiger charge is -2.05. The Morgan fingerprint density at radius 2 is 1.76 bits per heavy atom. The summed E-state index contributed by atoms with van der Waals surface area (Å²) in [6, 6.07) is 15.1. The van der Waals surface area contributed by atoms with Crippen LogP contribution in [-0.2, 0) is 11.3 Å². The summed E-state index contributed by atoms with van der Waals surface area (Å²) in [4.78, 5) is 23.1. The van der Waals surface area contributed by atoms with Crippen molar-refractivity contribution in [2.75, 3.05) is 0 Å². The summed E-state index contributed by atoms with van der Waals surface area (Å²) in [5.41, 5.74) is 3.29. The van der Waals surface area contributed by atoms with Crippen molar-refractivity contribution in [1.29, 1.82) is 0 Å². The van der Waals surface area contributed by atoms with Crippen LogP contribution < -0.4 is 10.6 Å². The number of urea groups is 1. The van der Waals surface area contributed by atoms with Crippen LogP contribution in [0.1, 0.15) is 11.1 Å². The molecule has 0 atom stereocenters. The summed E-state index contributed by atoms with van der Waals surface area (Å²) >= 11 is 5.95. The Morgan fingerprint density at radius 1 is 1.00 bits per heavy atom. The van der Waals surface area contributed by atoms with Crippen LogP contribution in [0.15, 0.2) is 60.4 Å². The van der Waals surface area contributed by atoms with E-state index in [1.165, 1.54) is 0 Å². The smallest absolute Gasteiger partial charge is 0.326 e. The SMILES string of the molecule is O=C1NC(=O)/C(=C\c2cn(Cc3ccc(Cl)cc3)c3ccccc23)N1. The second kappa shape index (κ2) is 6.11. The molecule has 124 valence electrons. The second-order valence-electron chi connectivity index (χ2n) is 5.82. The molecule has 0 spiro atoms. The van der Waals surface area contributed by atoms with Gasteiger partial charge < -0.3 is 9.88 Å². The normalized spacial score (nSPS) is 15.6.